The van der Waals surface area contributed by atoms with Crippen LogP contribution in [-0.4, -0.2) is 25.6 Å². The van der Waals surface area contributed by atoms with Gasteiger partial charge in [0.25, 0.3) is 5.91 Å². The number of anilines is 1. The number of carbonyl (C=O) groups excluding carboxylic acids is 2. The number of ether oxygens (including phenoxy) is 2. The van der Waals surface area contributed by atoms with Gasteiger partial charge < -0.3 is 14.8 Å². The number of amides is 1. The minimum Gasteiger partial charge on any atom is -0.494 e. The Balaban J connectivity index is 1.99. The maximum Gasteiger partial charge on any atom is 0.337 e. The summed E-state index contributed by atoms with van der Waals surface area (Å²) in [6.45, 7) is 2.71. The van der Waals surface area contributed by atoms with E-state index in [0.717, 1.165) is 12.2 Å². The Morgan fingerprint density at radius 3 is 2.13 bits per heavy atom. The third kappa shape index (κ3) is 4.57. The predicted molar refractivity (Wildman–Crippen MR) is 88.0 cm³/mol. The lowest BCUT2D eigenvalue weighted by atomic mass is 10.1. The molecule has 0 aromatic heterocycles. The summed E-state index contributed by atoms with van der Waals surface area (Å²) in [6.07, 6.45) is 0.945. The average molecular weight is 313 g/mol. The first-order valence-electron chi connectivity index (χ1n) is 7.36. The molecular weight excluding hydrogens is 294 g/mol. The van der Waals surface area contributed by atoms with E-state index in [4.69, 9.17) is 4.74 Å². The van der Waals surface area contributed by atoms with E-state index in [2.05, 4.69) is 10.1 Å². The first-order valence-corrected chi connectivity index (χ1v) is 7.36. The van der Waals surface area contributed by atoms with Crippen molar-refractivity contribution in [2.45, 2.75) is 13.3 Å². The first kappa shape index (κ1) is 16.5. The monoisotopic (exact) mass is 313 g/mol. The molecular formula is C18H19NO4. The van der Waals surface area contributed by atoms with Crippen molar-refractivity contribution in [3.05, 3.63) is 59.7 Å². The lowest BCUT2D eigenvalue weighted by Gasteiger charge is -2.08. The lowest BCUT2D eigenvalue weighted by molar-refractivity contribution is 0.0600. The van der Waals surface area contributed by atoms with Crippen LogP contribution in [0.2, 0.25) is 0 Å². The Labute approximate surface area is 135 Å². The molecule has 0 fully saturated rings. The van der Waals surface area contributed by atoms with Crippen molar-refractivity contribution in [3.8, 4) is 5.75 Å². The summed E-state index contributed by atoms with van der Waals surface area (Å²) in [4.78, 5) is 23.5. The van der Waals surface area contributed by atoms with Crippen LogP contribution in [0.4, 0.5) is 5.69 Å². The number of hydrogen-bond acceptors (Lipinski definition) is 4. The molecule has 2 rings (SSSR count). The van der Waals surface area contributed by atoms with Crippen LogP contribution >= 0.6 is 0 Å². The fraction of sp³-hybridized carbons (Fsp3) is 0.222. The molecule has 2 aromatic carbocycles. The summed E-state index contributed by atoms with van der Waals surface area (Å²) in [7, 11) is 1.32. The van der Waals surface area contributed by atoms with Crippen LogP contribution in [0.15, 0.2) is 48.5 Å². The van der Waals surface area contributed by atoms with E-state index < -0.39 is 5.97 Å². The van der Waals surface area contributed by atoms with Crippen LogP contribution in [0, 0.1) is 0 Å². The molecule has 1 amide bonds. The first-order chi connectivity index (χ1) is 11.1. The molecule has 0 radical (unpaired) electrons. The van der Waals surface area contributed by atoms with E-state index in [0.29, 0.717) is 23.4 Å². The van der Waals surface area contributed by atoms with Gasteiger partial charge in [-0.1, -0.05) is 6.92 Å². The topological polar surface area (TPSA) is 64.6 Å². The number of rotatable bonds is 6. The van der Waals surface area contributed by atoms with E-state index in [1.54, 1.807) is 36.4 Å². The van der Waals surface area contributed by atoms with E-state index in [1.807, 2.05) is 19.1 Å². The van der Waals surface area contributed by atoms with Gasteiger partial charge in [0.05, 0.1) is 19.3 Å². The summed E-state index contributed by atoms with van der Waals surface area (Å²) in [5.41, 5.74) is 1.54. The highest BCUT2D eigenvalue weighted by Gasteiger charge is 2.09. The molecule has 0 heterocycles. The van der Waals surface area contributed by atoms with Gasteiger partial charge in [-0.05, 0) is 55.0 Å². The third-order valence-corrected chi connectivity index (χ3v) is 3.15. The predicted octanol–water partition coefficient (Wildman–Crippen LogP) is 3.51. The molecule has 0 aliphatic rings. The van der Waals surface area contributed by atoms with Crippen molar-refractivity contribution >= 4 is 17.6 Å². The standard InChI is InChI=1S/C18H19NO4/c1-3-12-23-16-10-8-15(9-11-16)19-17(20)13-4-6-14(7-5-13)18(21)22-2/h4-11H,3,12H2,1-2H3,(H,19,20). The Morgan fingerprint density at radius 2 is 1.57 bits per heavy atom. The third-order valence-electron chi connectivity index (χ3n) is 3.15. The number of carbonyl (C=O) groups is 2. The van der Waals surface area contributed by atoms with Crippen molar-refractivity contribution < 1.29 is 19.1 Å². The number of esters is 1. The van der Waals surface area contributed by atoms with Gasteiger partial charge in [-0.15, -0.1) is 0 Å². The van der Waals surface area contributed by atoms with Gasteiger partial charge >= 0.3 is 5.97 Å². The summed E-state index contributed by atoms with van der Waals surface area (Å²) < 4.78 is 10.1. The Morgan fingerprint density at radius 1 is 0.957 bits per heavy atom. The molecule has 0 saturated heterocycles. The lowest BCUT2D eigenvalue weighted by Crippen LogP contribution is -2.12. The SMILES string of the molecule is CCCOc1ccc(NC(=O)c2ccc(C(=O)OC)cc2)cc1. The summed E-state index contributed by atoms with van der Waals surface area (Å²) in [5, 5.41) is 2.79. The molecule has 0 aliphatic heterocycles. The largest absolute Gasteiger partial charge is 0.494 e. The van der Waals surface area contributed by atoms with Gasteiger partial charge in [-0.25, -0.2) is 4.79 Å². The normalized spacial score (nSPS) is 10.0. The molecule has 0 saturated carbocycles. The average Bonchev–Trinajstić information content (AvgIpc) is 2.60. The van der Waals surface area contributed by atoms with Crippen molar-refractivity contribution in [2.24, 2.45) is 0 Å². The second-order valence-corrected chi connectivity index (χ2v) is 4.90. The maximum absolute atomic E-state index is 12.2. The van der Waals surface area contributed by atoms with E-state index in [-0.39, 0.29) is 5.91 Å². The van der Waals surface area contributed by atoms with Gasteiger partial charge in [0.1, 0.15) is 5.75 Å². The van der Waals surface area contributed by atoms with Gasteiger partial charge in [-0.2, -0.15) is 0 Å². The highest BCUT2D eigenvalue weighted by Crippen LogP contribution is 2.17. The van der Waals surface area contributed by atoms with Crippen molar-refractivity contribution in [1.29, 1.82) is 0 Å². The Bertz CT molecular complexity index is 662. The molecule has 23 heavy (non-hydrogen) atoms. The molecule has 0 aliphatic carbocycles. The molecule has 120 valence electrons. The van der Waals surface area contributed by atoms with Crippen LogP contribution in [-0.2, 0) is 4.74 Å². The zero-order chi connectivity index (χ0) is 16.7. The summed E-state index contributed by atoms with van der Waals surface area (Å²) in [6, 6.07) is 13.5. The number of hydrogen-bond donors (Lipinski definition) is 1. The van der Waals surface area contributed by atoms with Crippen LogP contribution < -0.4 is 10.1 Å². The highest BCUT2D eigenvalue weighted by molar-refractivity contribution is 6.04. The van der Waals surface area contributed by atoms with Crippen LogP contribution in [0.25, 0.3) is 0 Å². The van der Waals surface area contributed by atoms with Crippen LogP contribution in [0.3, 0.4) is 0 Å². The molecule has 2 aromatic rings. The molecule has 0 atom stereocenters. The van der Waals surface area contributed by atoms with E-state index in [1.165, 1.54) is 7.11 Å². The minimum atomic E-state index is -0.431. The molecule has 1 N–H and O–H groups in total. The minimum absolute atomic E-state index is 0.247. The van der Waals surface area contributed by atoms with Crippen molar-refractivity contribution in [3.63, 3.8) is 0 Å². The van der Waals surface area contributed by atoms with Crippen LogP contribution in [0.1, 0.15) is 34.1 Å². The second kappa shape index (κ2) is 7.98. The number of nitrogens with one attached hydrogen (secondary N) is 1. The van der Waals surface area contributed by atoms with Crippen molar-refractivity contribution in [1.82, 2.24) is 0 Å². The zero-order valence-corrected chi connectivity index (χ0v) is 13.2. The van der Waals surface area contributed by atoms with Gasteiger partial charge in [0.15, 0.2) is 0 Å². The van der Waals surface area contributed by atoms with Gasteiger partial charge in [-0.3, -0.25) is 4.79 Å². The molecule has 5 nitrogen and oxygen atoms in total. The summed E-state index contributed by atoms with van der Waals surface area (Å²) >= 11 is 0. The Kier molecular flexibility index (Phi) is 5.74. The molecule has 5 heteroatoms. The van der Waals surface area contributed by atoms with Crippen LogP contribution in [0.5, 0.6) is 5.75 Å². The molecule has 0 spiro atoms. The smallest absolute Gasteiger partial charge is 0.337 e. The van der Waals surface area contributed by atoms with Gasteiger partial charge in [0.2, 0.25) is 0 Å². The Hall–Kier alpha value is -2.82. The molecule has 0 unspecified atom stereocenters. The second-order valence-electron chi connectivity index (χ2n) is 4.90. The zero-order valence-electron chi connectivity index (χ0n) is 13.2. The summed E-state index contributed by atoms with van der Waals surface area (Å²) in [5.74, 6) is 0.0931. The van der Waals surface area contributed by atoms with E-state index >= 15 is 0 Å². The number of methoxy groups -OCH3 is 1. The van der Waals surface area contributed by atoms with Gasteiger partial charge in [0, 0.05) is 11.3 Å². The maximum atomic E-state index is 12.2. The quantitative estimate of drug-likeness (QED) is 0.829. The highest BCUT2D eigenvalue weighted by atomic mass is 16.5. The fourth-order valence-electron chi connectivity index (χ4n) is 1.93. The number of benzene rings is 2. The van der Waals surface area contributed by atoms with Crippen molar-refractivity contribution in [2.75, 3.05) is 19.0 Å². The fourth-order valence-corrected chi connectivity index (χ4v) is 1.93. The van der Waals surface area contributed by atoms with E-state index in [9.17, 15) is 9.59 Å². The molecule has 0 bridgehead atoms.